The number of carbonyl (C=O) groups excluding carboxylic acids is 2. The van der Waals surface area contributed by atoms with Crippen LogP contribution in [0.25, 0.3) is 0 Å². The predicted molar refractivity (Wildman–Crippen MR) is 84.9 cm³/mol. The lowest BCUT2D eigenvalue weighted by atomic mass is 10.1. The zero-order valence-electron chi connectivity index (χ0n) is 14.0. The highest BCUT2D eigenvalue weighted by molar-refractivity contribution is 5.92. The maximum atomic E-state index is 12.2. The van der Waals surface area contributed by atoms with Crippen molar-refractivity contribution in [2.24, 2.45) is 5.73 Å². The highest BCUT2D eigenvalue weighted by Gasteiger charge is 2.29. The highest BCUT2D eigenvalue weighted by atomic mass is 16.4. The van der Waals surface area contributed by atoms with Gasteiger partial charge >= 0.3 is 17.9 Å². The molecule has 0 aromatic heterocycles. The molecule has 0 rings (SSSR count). The molecule has 8 N–H and O–H groups in total. The van der Waals surface area contributed by atoms with Gasteiger partial charge in [-0.1, -0.05) is 0 Å². The Balaban J connectivity index is 5.11. The Labute approximate surface area is 148 Å². The van der Waals surface area contributed by atoms with E-state index in [-0.39, 0.29) is 6.42 Å². The number of aliphatic carboxylic acids is 3. The number of nitrogens with one attached hydrogen (secondary N) is 2. The summed E-state index contributed by atoms with van der Waals surface area (Å²) in [5.41, 5.74) is 5.43. The van der Waals surface area contributed by atoms with E-state index in [9.17, 15) is 29.1 Å². The molecule has 0 spiro atoms. The van der Waals surface area contributed by atoms with Crippen LogP contribution in [0.15, 0.2) is 0 Å². The molecule has 0 bridgehead atoms. The Bertz CT molecular complexity index is 550. The number of hydrogen-bond donors (Lipinski definition) is 7. The van der Waals surface area contributed by atoms with Gasteiger partial charge in [0.2, 0.25) is 11.8 Å². The second-order valence-corrected chi connectivity index (χ2v) is 5.59. The molecule has 0 aromatic rings. The number of aliphatic hydroxyl groups excluding tert-OH is 1. The summed E-state index contributed by atoms with van der Waals surface area (Å²) >= 11 is 0. The molecule has 2 amide bonds. The van der Waals surface area contributed by atoms with Gasteiger partial charge in [0.15, 0.2) is 0 Å². The Morgan fingerprint density at radius 3 is 1.65 bits per heavy atom. The number of rotatable bonds is 12. The summed E-state index contributed by atoms with van der Waals surface area (Å²) in [6.07, 6.45) is -3.01. The van der Waals surface area contributed by atoms with Crippen molar-refractivity contribution in [2.45, 2.75) is 56.8 Å². The first-order chi connectivity index (χ1) is 12.0. The van der Waals surface area contributed by atoms with Gasteiger partial charge in [0, 0.05) is 12.8 Å². The van der Waals surface area contributed by atoms with Gasteiger partial charge in [-0.25, -0.2) is 4.79 Å². The average molecular weight is 377 g/mol. The number of hydrogen-bond acceptors (Lipinski definition) is 7. The molecule has 0 saturated carbocycles. The predicted octanol–water partition coefficient (Wildman–Crippen LogP) is -2.52. The highest BCUT2D eigenvalue weighted by Crippen LogP contribution is 2.04. The van der Waals surface area contributed by atoms with Crippen LogP contribution in [0.1, 0.15) is 32.6 Å². The molecule has 0 heterocycles. The summed E-state index contributed by atoms with van der Waals surface area (Å²) in [5, 5.41) is 39.9. The van der Waals surface area contributed by atoms with Crippen LogP contribution in [0, 0.1) is 0 Å². The van der Waals surface area contributed by atoms with Crippen LogP contribution < -0.4 is 16.4 Å². The largest absolute Gasteiger partial charge is 0.481 e. The standard InChI is InChI=1S/C14H23N3O9/c1-6(18)11(15)13(24)16-7(2-4-9(19)20)12(23)17-8(14(25)26)3-5-10(21)22/h6-8,11,18H,2-5,15H2,1H3,(H,16,24)(H,17,23)(H,19,20)(H,21,22)(H,25,26)/t6-,7+,8+,11+/m1/s1. The van der Waals surface area contributed by atoms with E-state index in [1.807, 2.05) is 0 Å². The quantitative estimate of drug-likeness (QED) is 0.189. The number of carboxylic acid groups (broad SMARTS) is 3. The molecule has 12 nitrogen and oxygen atoms in total. The van der Waals surface area contributed by atoms with Crippen LogP contribution in [0.3, 0.4) is 0 Å². The van der Waals surface area contributed by atoms with Crippen molar-refractivity contribution >= 4 is 29.7 Å². The topological polar surface area (TPSA) is 216 Å². The summed E-state index contributed by atoms with van der Waals surface area (Å²) < 4.78 is 0. The summed E-state index contributed by atoms with van der Waals surface area (Å²) in [4.78, 5) is 56.4. The van der Waals surface area contributed by atoms with Gasteiger partial charge in [0.05, 0.1) is 6.10 Å². The molecule has 4 atom stereocenters. The molecule has 12 heteroatoms. The van der Waals surface area contributed by atoms with Crippen molar-refractivity contribution in [3.8, 4) is 0 Å². The molecule has 26 heavy (non-hydrogen) atoms. The summed E-state index contributed by atoms with van der Waals surface area (Å²) in [6.45, 7) is 1.24. The minimum absolute atomic E-state index is 0.356. The fourth-order valence-electron chi connectivity index (χ4n) is 1.82. The first-order valence-corrected chi connectivity index (χ1v) is 7.66. The van der Waals surface area contributed by atoms with E-state index >= 15 is 0 Å². The third-order valence-electron chi connectivity index (χ3n) is 3.36. The molecule has 0 unspecified atom stereocenters. The van der Waals surface area contributed by atoms with E-state index < -0.39 is 73.2 Å². The molecule has 148 valence electrons. The lowest BCUT2D eigenvalue weighted by molar-refractivity contribution is -0.144. The van der Waals surface area contributed by atoms with E-state index in [1.165, 1.54) is 6.92 Å². The second-order valence-electron chi connectivity index (χ2n) is 5.59. The molecule has 0 aliphatic carbocycles. The molecule has 0 radical (unpaired) electrons. The lowest BCUT2D eigenvalue weighted by Gasteiger charge is -2.23. The molecule has 0 aliphatic rings. The smallest absolute Gasteiger partial charge is 0.326 e. The van der Waals surface area contributed by atoms with E-state index in [0.717, 1.165) is 0 Å². The Morgan fingerprint density at radius 2 is 1.27 bits per heavy atom. The van der Waals surface area contributed by atoms with Gasteiger partial charge < -0.3 is 36.8 Å². The SMILES string of the molecule is C[C@@H](O)[C@H](N)C(=O)N[C@@H](CCC(=O)O)C(=O)N[C@@H](CCC(=O)O)C(=O)O. The van der Waals surface area contributed by atoms with Crippen molar-refractivity contribution in [1.82, 2.24) is 10.6 Å². The summed E-state index contributed by atoms with van der Waals surface area (Å²) in [7, 11) is 0. The minimum Gasteiger partial charge on any atom is -0.481 e. The first kappa shape index (κ1) is 23.3. The van der Waals surface area contributed by atoms with Crippen LogP contribution in [0.4, 0.5) is 0 Å². The fraction of sp³-hybridized carbons (Fsp3) is 0.643. The number of nitrogens with two attached hydrogens (primary N) is 1. The third-order valence-corrected chi connectivity index (χ3v) is 3.36. The number of aliphatic hydroxyl groups is 1. The van der Waals surface area contributed by atoms with Crippen LogP contribution in [0.5, 0.6) is 0 Å². The maximum absolute atomic E-state index is 12.2. The van der Waals surface area contributed by atoms with Crippen LogP contribution in [-0.4, -0.2) is 74.4 Å². The van der Waals surface area contributed by atoms with Crippen LogP contribution >= 0.6 is 0 Å². The monoisotopic (exact) mass is 377 g/mol. The normalized spacial score (nSPS) is 15.2. The van der Waals surface area contributed by atoms with E-state index in [1.54, 1.807) is 0 Å². The molecule has 0 saturated heterocycles. The van der Waals surface area contributed by atoms with Gasteiger partial charge in [-0.05, 0) is 19.8 Å². The third kappa shape index (κ3) is 8.94. The molecule has 0 aromatic carbocycles. The Morgan fingerprint density at radius 1 is 0.846 bits per heavy atom. The fourth-order valence-corrected chi connectivity index (χ4v) is 1.82. The number of carbonyl (C=O) groups is 5. The Kier molecular flexibility index (Phi) is 9.84. The van der Waals surface area contributed by atoms with Crippen molar-refractivity contribution in [1.29, 1.82) is 0 Å². The molecular weight excluding hydrogens is 354 g/mol. The zero-order chi connectivity index (χ0) is 20.4. The second kappa shape index (κ2) is 11.0. The van der Waals surface area contributed by atoms with E-state index in [2.05, 4.69) is 10.6 Å². The lowest BCUT2D eigenvalue weighted by Crippen LogP contribution is -2.56. The van der Waals surface area contributed by atoms with Gasteiger partial charge in [-0.2, -0.15) is 0 Å². The van der Waals surface area contributed by atoms with Gasteiger partial charge in [-0.3, -0.25) is 19.2 Å². The summed E-state index contributed by atoms with van der Waals surface area (Å²) in [6, 6.07) is -4.33. The molecule has 0 aliphatic heterocycles. The van der Waals surface area contributed by atoms with Crippen molar-refractivity contribution in [2.75, 3.05) is 0 Å². The van der Waals surface area contributed by atoms with Crippen molar-refractivity contribution in [3.05, 3.63) is 0 Å². The Hall–Kier alpha value is -2.73. The first-order valence-electron chi connectivity index (χ1n) is 7.66. The van der Waals surface area contributed by atoms with Crippen LogP contribution in [0.2, 0.25) is 0 Å². The maximum Gasteiger partial charge on any atom is 0.326 e. The van der Waals surface area contributed by atoms with Gasteiger partial charge in [0.25, 0.3) is 0 Å². The van der Waals surface area contributed by atoms with Crippen molar-refractivity contribution < 1.29 is 44.4 Å². The van der Waals surface area contributed by atoms with E-state index in [4.69, 9.17) is 21.1 Å². The average Bonchev–Trinajstić information content (AvgIpc) is 2.53. The van der Waals surface area contributed by atoms with Gasteiger partial charge in [0.1, 0.15) is 18.1 Å². The number of amides is 2. The molecular formula is C14H23N3O9. The number of carboxylic acids is 3. The van der Waals surface area contributed by atoms with Crippen molar-refractivity contribution in [3.63, 3.8) is 0 Å². The minimum atomic E-state index is -1.53. The van der Waals surface area contributed by atoms with Crippen LogP contribution in [-0.2, 0) is 24.0 Å². The van der Waals surface area contributed by atoms with Gasteiger partial charge in [-0.15, -0.1) is 0 Å². The zero-order valence-corrected chi connectivity index (χ0v) is 14.0. The summed E-state index contributed by atoms with van der Waals surface area (Å²) in [5.74, 6) is -5.93. The van der Waals surface area contributed by atoms with E-state index in [0.29, 0.717) is 0 Å². The molecule has 0 fully saturated rings.